The first-order valence-electron chi connectivity index (χ1n) is 8.06. The molecule has 0 aliphatic heterocycles. The number of hydrogen-bond acceptors (Lipinski definition) is 2. The maximum absolute atomic E-state index is 11.7. The maximum Gasteiger partial charge on any atom is 0.160 e. The monoisotopic (exact) mass is 300 g/mol. The molecule has 0 spiro atoms. The highest BCUT2D eigenvalue weighted by Gasteiger charge is 2.23. The van der Waals surface area contributed by atoms with Crippen molar-refractivity contribution in [1.82, 2.24) is 0 Å². The third-order valence-electron chi connectivity index (χ3n) is 4.65. The van der Waals surface area contributed by atoms with E-state index in [-0.39, 0.29) is 17.0 Å². The molecule has 0 radical (unpaired) electrons. The van der Waals surface area contributed by atoms with E-state index >= 15 is 0 Å². The molecular formula is C20H28O2. The van der Waals surface area contributed by atoms with E-state index in [1.54, 1.807) is 13.8 Å². The van der Waals surface area contributed by atoms with Gasteiger partial charge in [-0.25, -0.2) is 0 Å². The van der Waals surface area contributed by atoms with Crippen molar-refractivity contribution in [1.29, 1.82) is 0 Å². The summed E-state index contributed by atoms with van der Waals surface area (Å²) < 4.78 is 0. The van der Waals surface area contributed by atoms with Crippen LogP contribution in [0.1, 0.15) is 75.7 Å². The average Bonchev–Trinajstić information content (AvgIpc) is 2.50. The third kappa shape index (κ3) is 5.25. The van der Waals surface area contributed by atoms with Gasteiger partial charge in [-0.1, -0.05) is 51.1 Å². The number of carbonyl (C=O) groups excluding carboxylic acids is 2. The van der Waals surface area contributed by atoms with E-state index in [2.05, 4.69) is 20.4 Å². The van der Waals surface area contributed by atoms with Crippen LogP contribution in [0.4, 0.5) is 0 Å². The van der Waals surface area contributed by atoms with Crippen LogP contribution in [0.15, 0.2) is 30.8 Å². The van der Waals surface area contributed by atoms with E-state index in [0.29, 0.717) is 6.42 Å². The molecule has 0 aliphatic carbocycles. The van der Waals surface area contributed by atoms with Crippen molar-refractivity contribution >= 4 is 17.1 Å². The smallest absolute Gasteiger partial charge is 0.160 e. The Bertz CT molecular complexity index is 557. The molecule has 0 saturated heterocycles. The molecule has 22 heavy (non-hydrogen) atoms. The first-order chi connectivity index (χ1) is 10.3. The Labute approximate surface area is 134 Å². The summed E-state index contributed by atoms with van der Waals surface area (Å²) in [5.74, 6) is 0.326. The second-order valence-electron chi connectivity index (χ2n) is 6.57. The summed E-state index contributed by atoms with van der Waals surface area (Å²) in [6, 6.07) is 7.66. The fraction of sp³-hybridized carbons (Fsp3) is 0.500. The number of hydrogen-bond donors (Lipinski definition) is 0. The fourth-order valence-electron chi connectivity index (χ4n) is 2.64. The van der Waals surface area contributed by atoms with Crippen LogP contribution in [0, 0.1) is 5.41 Å². The molecule has 2 nitrogen and oxygen atoms in total. The summed E-state index contributed by atoms with van der Waals surface area (Å²) in [5, 5.41) is 0. The van der Waals surface area contributed by atoms with Crippen molar-refractivity contribution in [2.45, 2.75) is 59.8 Å². The molecule has 0 fully saturated rings. The van der Waals surface area contributed by atoms with E-state index in [0.717, 1.165) is 42.4 Å². The highest BCUT2D eigenvalue weighted by Crippen LogP contribution is 2.36. The molecule has 120 valence electrons. The van der Waals surface area contributed by atoms with Gasteiger partial charge in [0.05, 0.1) is 0 Å². The van der Waals surface area contributed by atoms with Crippen molar-refractivity contribution < 1.29 is 9.59 Å². The van der Waals surface area contributed by atoms with Crippen LogP contribution >= 0.6 is 0 Å². The molecule has 0 bridgehead atoms. The molecule has 1 unspecified atom stereocenters. The van der Waals surface area contributed by atoms with Gasteiger partial charge in [0.2, 0.25) is 0 Å². The largest absolute Gasteiger partial charge is 0.300 e. The summed E-state index contributed by atoms with van der Waals surface area (Å²) in [6.07, 6.45) is 4.44. The number of benzene rings is 1. The first kappa shape index (κ1) is 18.3. The standard InChI is InChI=1S/C20H28O2/c1-6-20(5,14-12-16(3)21)13-11-15(2)18-9-7-8-10-19(18)17(4)22/h7-10H,2,6,11-14H2,1,3-5H3. The van der Waals surface area contributed by atoms with E-state index < -0.39 is 0 Å². The van der Waals surface area contributed by atoms with Gasteiger partial charge in [0, 0.05) is 12.0 Å². The van der Waals surface area contributed by atoms with Gasteiger partial charge in [0.1, 0.15) is 5.78 Å². The molecule has 0 aliphatic rings. The van der Waals surface area contributed by atoms with E-state index in [4.69, 9.17) is 0 Å². The molecule has 0 heterocycles. The van der Waals surface area contributed by atoms with Gasteiger partial charge in [0.15, 0.2) is 5.78 Å². The molecule has 0 saturated carbocycles. The van der Waals surface area contributed by atoms with Crippen LogP contribution in [0.2, 0.25) is 0 Å². The van der Waals surface area contributed by atoms with Gasteiger partial charge in [0.25, 0.3) is 0 Å². The van der Waals surface area contributed by atoms with Gasteiger partial charge < -0.3 is 4.79 Å². The van der Waals surface area contributed by atoms with Gasteiger partial charge in [-0.05, 0) is 49.7 Å². The first-order valence-corrected chi connectivity index (χ1v) is 8.06. The van der Waals surface area contributed by atoms with Crippen LogP contribution in [-0.2, 0) is 4.79 Å². The molecule has 1 atom stereocenters. The predicted molar refractivity (Wildman–Crippen MR) is 93.0 cm³/mol. The lowest BCUT2D eigenvalue weighted by atomic mass is 9.77. The van der Waals surface area contributed by atoms with E-state index in [1.165, 1.54) is 0 Å². The Morgan fingerprint density at radius 1 is 1.05 bits per heavy atom. The van der Waals surface area contributed by atoms with E-state index in [9.17, 15) is 9.59 Å². The Balaban J connectivity index is 2.76. The highest BCUT2D eigenvalue weighted by atomic mass is 16.1. The highest BCUT2D eigenvalue weighted by molar-refractivity contribution is 5.98. The second-order valence-corrected chi connectivity index (χ2v) is 6.57. The summed E-state index contributed by atoms with van der Waals surface area (Å²) in [4.78, 5) is 23.0. The van der Waals surface area contributed by atoms with Crippen molar-refractivity contribution in [3.05, 3.63) is 42.0 Å². The molecule has 1 rings (SSSR count). The zero-order chi connectivity index (χ0) is 16.8. The predicted octanol–water partition coefficient (Wildman–Crippen LogP) is 5.47. The van der Waals surface area contributed by atoms with Gasteiger partial charge in [-0.2, -0.15) is 0 Å². The minimum atomic E-state index is 0.0755. The van der Waals surface area contributed by atoms with Crippen molar-refractivity contribution in [2.75, 3.05) is 0 Å². The molecule has 1 aromatic rings. The summed E-state index contributed by atoms with van der Waals surface area (Å²) >= 11 is 0. The molecular weight excluding hydrogens is 272 g/mol. The minimum Gasteiger partial charge on any atom is -0.300 e. The van der Waals surface area contributed by atoms with Crippen molar-refractivity contribution in [3.8, 4) is 0 Å². The molecule has 0 amide bonds. The summed E-state index contributed by atoms with van der Waals surface area (Å²) in [6.45, 7) is 11.8. The topological polar surface area (TPSA) is 34.1 Å². The van der Waals surface area contributed by atoms with Crippen LogP contribution in [0.5, 0.6) is 0 Å². The van der Waals surface area contributed by atoms with E-state index in [1.807, 2.05) is 24.3 Å². The van der Waals surface area contributed by atoms with Crippen molar-refractivity contribution in [3.63, 3.8) is 0 Å². The van der Waals surface area contributed by atoms with Gasteiger partial charge >= 0.3 is 0 Å². The van der Waals surface area contributed by atoms with Gasteiger partial charge in [-0.3, -0.25) is 4.79 Å². The number of Topliss-reactive ketones (excluding diaryl/α,β-unsaturated/α-hetero) is 2. The van der Waals surface area contributed by atoms with Crippen molar-refractivity contribution in [2.24, 2.45) is 5.41 Å². The van der Waals surface area contributed by atoms with Gasteiger partial charge in [-0.15, -0.1) is 0 Å². The van der Waals surface area contributed by atoms with Crippen LogP contribution < -0.4 is 0 Å². The molecule has 0 aromatic heterocycles. The number of ketones is 2. The Morgan fingerprint density at radius 2 is 1.59 bits per heavy atom. The quantitative estimate of drug-likeness (QED) is 0.567. The number of carbonyl (C=O) groups is 2. The normalized spacial score (nSPS) is 13.5. The lowest BCUT2D eigenvalue weighted by molar-refractivity contribution is -0.117. The molecule has 0 N–H and O–H groups in total. The average molecular weight is 300 g/mol. The van der Waals surface area contributed by atoms with Crippen LogP contribution in [0.25, 0.3) is 5.57 Å². The minimum absolute atomic E-state index is 0.0755. The zero-order valence-electron chi connectivity index (χ0n) is 14.4. The Hall–Kier alpha value is -1.70. The van der Waals surface area contributed by atoms with Crippen LogP contribution in [-0.4, -0.2) is 11.6 Å². The zero-order valence-corrected chi connectivity index (χ0v) is 14.4. The summed E-state index contributed by atoms with van der Waals surface area (Å²) in [7, 11) is 0. The second kappa shape index (κ2) is 8.07. The Kier molecular flexibility index (Phi) is 6.73. The molecule has 1 aromatic carbocycles. The Morgan fingerprint density at radius 3 is 2.09 bits per heavy atom. The molecule has 2 heteroatoms. The lowest BCUT2D eigenvalue weighted by Crippen LogP contribution is -2.16. The number of rotatable bonds is 9. The number of allylic oxidation sites excluding steroid dienone is 1. The fourth-order valence-corrected chi connectivity index (χ4v) is 2.64. The lowest BCUT2D eigenvalue weighted by Gasteiger charge is -2.28. The summed E-state index contributed by atoms with van der Waals surface area (Å²) in [5.41, 5.74) is 2.86. The third-order valence-corrected chi connectivity index (χ3v) is 4.65. The van der Waals surface area contributed by atoms with Crippen LogP contribution in [0.3, 0.4) is 0 Å². The maximum atomic E-state index is 11.7. The SMILES string of the molecule is C=C(CCC(C)(CC)CCC(C)=O)c1ccccc1C(C)=O.